The maximum atomic E-state index is 6.25. The average molecular weight is 244 g/mol. The number of rotatable bonds is 2. The molecule has 0 N–H and O–H groups in total. The van der Waals surface area contributed by atoms with Crippen LogP contribution in [0.25, 0.3) is 0 Å². The Morgan fingerprint density at radius 3 is 3.00 bits per heavy atom. The Hall–Kier alpha value is -1.18. The van der Waals surface area contributed by atoms with Gasteiger partial charge in [-0.25, -0.2) is 0 Å². The van der Waals surface area contributed by atoms with E-state index in [-0.39, 0.29) is 0 Å². The summed E-state index contributed by atoms with van der Waals surface area (Å²) >= 11 is 0. The summed E-state index contributed by atoms with van der Waals surface area (Å²) in [6.07, 6.45) is 4.51. The number of methoxy groups -OCH3 is 1. The van der Waals surface area contributed by atoms with Crippen LogP contribution in [0.2, 0.25) is 0 Å². The SMILES string of the molecule is CCC1CC2CC1C1c3cccc(OC)c3OC21. The zero-order valence-corrected chi connectivity index (χ0v) is 11.1. The molecule has 1 aliphatic heterocycles. The van der Waals surface area contributed by atoms with Crippen LogP contribution in [0.15, 0.2) is 18.2 Å². The van der Waals surface area contributed by atoms with Crippen LogP contribution in [0.1, 0.15) is 37.7 Å². The molecular formula is C16H20O2. The van der Waals surface area contributed by atoms with Crippen molar-refractivity contribution in [3.8, 4) is 11.5 Å². The standard InChI is InChI=1S/C16H20O2/c1-3-9-7-10-8-12(9)14-11-5-4-6-13(17-2)16(11)18-15(10)14/h4-6,9-10,12,14-15H,3,7-8H2,1-2H3. The van der Waals surface area contributed by atoms with Crippen molar-refractivity contribution < 1.29 is 9.47 Å². The van der Waals surface area contributed by atoms with E-state index in [2.05, 4.69) is 19.1 Å². The summed E-state index contributed by atoms with van der Waals surface area (Å²) in [7, 11) is 1.73. The maximum absolute atomic E-state index is 6.25. The molecule has 1 heterocycles. The first-order valence-electron chi connectivity index (χ1n) is 7.17. The topological polar surface area (TPSA) is 18.5 Å². The van der Waals surface area contributed by atoms with Crippen molar-refractivity contribution in [2.75, 3.05) is 7.11 Å². The third kappa shape index (κ3) is 1.19. The molecule has 0 aromatic heterocycles. The lowest BCUT2D eigenvalue weighted by Crippen LogP contribution is -2.30. The summed E-state index contributed by atoms with van der Waals surface area (Å²) in [4.78, 5) is 0. The van der Waals surface area contributed by atoms with Gasteiger partial charge in [0, 0.05) is 11.5 Å². The molecule has 2 fully saturated rings. The van der Waals surface area contributed by atoms with Gasteiger partial charge in [-0.3, -0.25) is 0 Å². The smallest absolute Gasteiger partial charge is 0.165 e. The van der Waals surface area contributed by atoms with Crippen molar-refractivity contribution in [3.05, 3.63) is 23.8 Å². The summed E-state index contributed by atoms with van der Waals surface area (Å²) in [6, 6.07) is 6.37. The van der Waals surface area contributed by atoms with Gasteiger partial charge in [0.25, 0.3) is 0 Å². The molecule has 2 nitrogen and oxygen atoms in total. The molecule has 0 spiro atoms. The van der Waals surface area contributed by atoms with E-state index in [9.17, 15) is 0 Å². The molecule has 3 aliphatic rings. The number of benzene rings is 1. The van der Waals surface area contributed by atoms with Crippen molar-refractivity contribution in [2.24, 2.45) is 17.8 Å². The highest BCUT2D eigenvalue weighted by atomic mass is 16.5. The normalized spacial score (nSPS) is 39.3. The second kappa shape index (κ2) is 3.66. The third-order valence-electron chi connectivity index (χ3n) is 5.43. The van der Waals surface area contributed by atoms with Gasteiger partial charge in [-0.1, -0.05) is 25.5 Å². The van der Waals surface area contributed by atoms with Crippen molar-refractivity contribution >= 4 is 0 Å². The van der Waals surface area contributed by atoms with Crippen molar-refractivity contribution in [3.63, 3.8) is 0 Å². The van der Waals surface area contributed by atoms with Gasteiger partial charge in [-0.2, -0.15) is 0 Å². The van der Waals surface area contributed by atoms with Crippen LogP contribution in [0.4, 0.5) is 0 Å². The summed E-state index contributed by atoms with van der Waals surface area (Å²) < 4.78 is 11.7. The Kier molecular flexibility index (Phi) is 2.18. The van der Waals surface area contributed by atoms with E-state index in [1.54, 1.807) is 7.11 Å². The Labute approximate surface area is 108 Å². The molecule has 5 unspecified atom stereocenters. The molecule has 0 amide bonds. The van der Waals surface area contributed by atoms with Crippen molar-refractivity contribution in [2.45, 2.75) is 38.2 Å². The van der Waals surface area contributed by atoms with E-state index in [4.69, 9.17) is 9.47 Å². The van der Waals surface area contributed by atoms with Gasteiger partial charge in [-0.15, -0.1) is 0 Å². The molecule has 2 saturated carbocycles. The summed E-state index contributed by atoms with van der Waals surface area (Å²) in [5.41, 5.74) is 1.41. The number of ether oxygens (including phenoxy) is 2. The molecule has 0 saturated heterocycles. The minimum atomic E-state index is 0.434. The molecule has 96 valence electrons. The van der Waals surface area contributed by atoms with Gasteiger partial charge < -0.3 is 9.47 Å². The van der Waals surface area contributed by atoms with Crippen LogP contribution in [-0.4, -0.2) is 13.2 Å². The molecular weight excluding hydrogens is 224 g/mol. The lowest BCUT2D eigenvalue weighted by Gasteiger charge is -2.29. The molecule has 5 atom stereocenters. The fourth-order valence-electron chi connectivity index (χ4n) is 4.71. The van der Waals surface area contributed by atoms with Crippen molar-refractivity contribution in [1.29, 1.82) is 0 Å². The van der Waals surface area contributed by atoms with E-state index >= 15 is 0 Å². The number of hydrogen-bond acceptors (Lipinski definition) is 2. The number of hydrogen-bond donors (Lipinski definition) is 0. The zero-order valence-electron chi connectivity index (χ0n) is 11.1. The lowest BCUT2D eigenvalue weighted by atomic mass is 9.75. The first-order valence-corrected chi connectivity index (χ1v) is 7.17. The zero-order chi connectivity index (χ0) is 12.3. The van der Waals surface area contributed by atoms with Crippen LogP contribution in [-0.2, 0) is 0 Å². The summed E-state index contributed by atoms with van der Waals surface area (Å²) in [5.74, 6) is 5.12. The predicted molar refractivity (Wildman–Crippen MR) is 70.1 cm³/mol. The molecule has 4 rings (SSSR count). The van der Waals surface area contributed by atoms with Crippen molar-refractivity contribution in [1.82, 2.24) is 0 Å². The molecule has 2 aliphatic carbocycles. The van der Waals surface area contributed by atoms with Gasteiger partial charge >= 0.3 is 0 Å². The third-order valence-corrected chi connectivity index (χ3v) is 5.43. The van der Waals surface area contributed by atoms with Crippen LogP contribution >= 0.6 is 0 Å². The highest BCUT2D eigenvalue weighted by Gasteiger charge is 2.57. The summed E-state index contributed by atoms with van der Waals surface area (Å²) in [6.45, 7) is 2.34. The number of para-hydroxylation sites is 1. The minimum absolute atomic E-state index is 0.434. The second-order valence-corrected chi connectivity index (χ2v) is 6.05. The van der Waals surface area contributed by atoms with E-state index < -0.39 is 0 Å². The van der Waals surface area contributed by atoms with Crippen LogP contribution < -0.4 is 9.47 Å². The van der Waals surface area contributed by atoms with Crippen LogP contribution in [0, 0.1) is 17.8 Å². The Bertz CT molecular complexity index is 482. The Balaban J connectivity index is 1.77. The monoisotopic (exact) mass is 244 g/mol. The second-order valence-electron chi connectivity index (χ2n) is 6.05. The van der Waals surface area contributed by atoms with Gasteiger partial charge in [0.05, 0.1) is 7.11 Å². The Morgan fingerprint density at radius 2 is 2.22 bits per heavy atom. The average Bonchev–Trinajstić information content (AvgIpc) is 3.06. The Morgan fingerprint density at radius 1 is 1.33 bits per heavy atom. The predicted octanol–water partition coefficient (Wildman–Crippen LogP) is 3.61. The molecule has 1 aromatic rings. The molecule has 1 aromatic carbocycles. The minimum Gasteiger partial charge on any atom is -0.493 e. The van der Waals surface area contributed by atoms with Gasteiger partial charge in [0.1, 0.15) is 6.10 Å². The van der Waals surface area contributed by atoms with E-state index in [0.717, 1.165) is 29.3 Å². The molecule has 18 heavy (non-hydrogen) atoms. The first kappa shape index (κ1) is 10.7. The first-order chi connectivity index (χ1) is 8.83. The lowest BCUT2D eigenvalue weighted by molar-refractivity contribution is 0.120. The molecule has 0 radical (unpaired) electrons. The fraction of sp³-hybridized carbons (Fsp3) is 0.625. The summed E-state index contributed by atoms with van der Waals surface area (Å²) in [5, 5.41) is 0. The van der Waals surface area contributed by atoms with Crippen LogP contribution in [0.5, 0.6) is 11.5 Å². The largest absolute Gasteiger partial charge is 0.493 e. The quantitative estimate of drug-likeness (QED) is 0.791. The van der Waals surface area contributed by atoms with Gasteiger partial charge in [0.15, 0.2) is 11.5 Å². The number of fused-ring (bicyclic) bond motifs is 7. The van der Waals surface area contributed by atoms with Gasteiger partial charge in [-0.05, 0) is 36.7 Å². The van der Waals surface area contributed by atoms with Gasteiger partial charge in [0.2, 0.25) is 0 Å². The van der Waals surface area contributed by atoms with Crippen LogP contribution in [0.3, 0.4) is 0 Å². The van der Waals surface area contributed by atoms with E-state index in [0.29, 0.717) is 12.0 Å². The van der Waals surface area contributed by atoms with E-state index in [1.807, 2.05) is 6.07 Å². The van der Waals surface area contributed by atoms with E-state index in [1.165, 1.54) is 24.8 Å². The highest BCUT2D eigenvalue weighted by Crippen LogP contribution is 2.63. The molecule has 2 bridgehead atoms. The highest BCUT2D eigenvalue weighted by molar-refractivity contribution is 5.53. The molecule has 2 heteroatoms. The fourth-order valence-corrected chi connectivity index (χ4v) is 4.71. The maximum Gasteiger partial charge on any atom is 0.165 e.